The number of benzene rings is 2. The Hall–Kier alpha value is -2.73. The third kappa shape index (κ3) is 2.99. The Morgan fingerprint density at radius 2 is 1.81 bits per heavy atom. The summed E-state index contributed by atoms with van der Waals surface area (Å²) in [6.45, 7) is 5.94. The summed E-state index contributed by atoms with van der Waals surface area (Å²) in [5.74, 6) is -0.120. The van der Waals surface area contributed by atoms with Crippen LogP contribution in [0.1, 0.15) is 45.1 Å². The number of carbonyl (C=O) groups excluding carboxylic acids is 2. The number of hydrogen-bond acceptors (Lipinski definition) is 4. The molecule has 31 heavy (non-hydrogen) atoms. The van der Waals surface area contributed by atoms with E-state index in [-0.39, 0.29) is 17.1 Å². The fraction of sp³-hybridized carbons (Fsp3) is 0.320. The van der Waals surface area contributed by atoms with Gasteiger partial charge in [-0.1, -0.05) is 60.1 Å². The number of nitrogens with zero attached hydrogens (tertiary/aromatic N) is 2. The highest BCUT2D eigenvalue weighted by Crippen LogP contribution is 2.56. The predicted molar refractivity (Wildman–Crippen MR) is 123 cm³/mol. The second-order valence-electron chi connectivity index (χ2n) is 9.24. The van der Waals surface area contributed by atoms with Crippen LogP contribution in [0.5, 0.6) is 0 Å². The van der Waals surface area contributed by atoms with E-state index in [1.54, 1.807) is 0 Å². The topological polar surface area (TPSA) is 59.0 Å². The molecule has 1 spiro atoms. The summed E-state index contributed by atoms with van der Waals surface area (Å²) < 4.78 is 7.41. The number of Topliss-reactive ketones (excluding diaryl/α,β-unsaturated/α-hetero) is 1. The minimum absolute atomic E-state index is 0.0480. The molecule has 2 heterocycles. The molecule has 5 nitrogen and oxygen atoms in total. The van der Waals surface area contributed by atoms with Gasteiger partial charge in [0, 0.05) is 22.9 Å². The number of para-hydroxylation sites is 1. The zero-order valence-electron chi connectivity index (χ0n) is 17.7. The van der Waals surface area contributed by atoms with Crippen LogP contribution in [0.25, 0.3) is 0 Å². The van der Waals surface area contributed by atoms with Crippen LogP contribution in [0.2, 0.25) is 0 Å². The van der Waals surface area contributed by atoms with E-state index in [4.69, 9.17) is 4.74 Å². The Labute approximate surface area is 189 Å². The molecule has 2 aromatic rings. The first-order valence-electron chi connectivity index (χ1n) is 10.4. The normalized spacial score (nSPS) is 26.9. The van der Waals surface area contributed by atoms with Crippen LogP contribution in [0.15, 0.2) is 75.5 Å². The smallest absolute Gasteiger partial charge is 0.298 e. The minimum atomic E-state index is -1.35. The first kappa shape index (κ1) is 20.2. The largest absolute Gasteiger partial charge is 0.474 e. The van der Waals surface area contributed by atoms with Crippen LogP contribution in [0, 0.1) is 5.41 Å². The van der Waals surface area contributed by atoms with E-state index in [1.165, 1.54) is 5.01 Å². The van der Waals surface area contributed by atoms with Crippen LogP contribution in [-0.2, 0) is 14.3 Å². The lowest BCUT2D eigenvalue weighted by atomic mass is 9.69. The molecule has 0 bridgehead atoms. The Morgan fingerprint density at radius 1 is 1.06 bits per heavy atom. The van der Waals surface area contributed by atoms with Gasteiger partial charge in [-0.25, -0.2) is 0 Å². The van der Waals surface area contributed by atoms with Gasteiger partial charge in [0.05, 0.1) is 17.3 Å². The Kier molecular flexibility index (Phi) is 4.49. The lowest BCUT2D eigenvalue weighted by Gasteiger charge is -2.31. The Bertz CT molecular complexity index is 1170. The highest BCUT2D eigenvalue weighted by molar-refractivity contribution is 9.10. The molecule has 0 radical (unpaired) electrons. The number of carbonyl (C=O) groups is 2. The first-order chi connectivity index (χ1) is 14.7. The number of ether oxygens (including phenoxy) is 1. The van der Waals surface area contributed by atoms with E-state index in [9.17, 15) is 9.59 Å². The number of allylic oxidation sites excluding steroid dienone is 1. The maximum Gasteiger partial charge on any atom is 0.298 e. The lowest BCUT2D eigenvalue weighted by Crippen LogP contribution is -2.50. The van der Waals surface area contributed by atoms with Gasteiger partial charge in [-0.3, -0.25) is 9.59 Å². The maximum absolute atomic E-state index is 14.0. The summed E-state index contributed by atoms with van der Waals surface area (Å²) in [6, 6.07) is 17.1. The minimum Gasteiger partial charge on any atom is -0.474 e. The second kappa shape index (κ2) is 6.89. The van der Waals surface area contributed by atoms with Crippen molar-refractivity contribution < 1.29 is 14.3 Å². The molecule has 2 aliphatic heterocycles. The van der Waals surface area contributed by atoms with Crippen LogP contribution >= 0.6 is 15.9 Å². The quantitative estimate of drug-likeness (QED) is 0.582. The van der Waals surface area contributed by atoms with Gasteiger partial charge in [0.15, 0.2) is 5.78 Å². The maximum atomic E-state index is 14.0. The molecule has 0 saturated carbocycles. The Balaban J connectivity index is 1.69. The van der Waals surface area contributed by atoms with Crippen LogP contribution in [0.3, 0.4) is 0 Å². The van der Waals surface area contributed by atoms with Crippen molar-refractivity contribution in [1.82, 2.24) is 0 Å². The molecule has 2 aromatic carbocycles. The van der Waals surface area contributed by atoms with Crippen molar-refractivity contribution in [3.63, 3.8) is 0 Å². The predicted octanol–water partition coefficient (Wildman–Crippen LogP) is 5.37. The van der Waals surface area contributed by atoms with Crippen LogP contribution in [-0.4, -0.2) is 23.0 Å². The molecule has 1 aliphatic carbocycles. The fourth-order valence-corrected chi connectivity index (χ4v) is 5.43. The van der Waals surface area contributed by atoms with Gasteiger partial charge in [0.2, 0.25) is 5.60 Å². The number of rotatable bonds is 2. The van der Waals surface area contributed by atoms with Gasteiger partial charge in [-0.05, 0) is 42.2 Å². The molecule has 158 valence electrons. The van der Waals surface area contributed by atoms with Gasteiger partial charge in [0.25, 0.3) is 5.91 Å². The van der Waals surface area contributed by atoms with Crippen molar-refractivity contribution in [3.05, 3.63) is 76.0 Å². The van der Waals surface area contributed by atoms with E-state index in [2.05, 4.69) is 34.9 Å². The monoisotopic (exact) mass is 478 g/mol. The van der Waals surface area contributed by atoms with Crippen LogP contribution < -0.4 is 5.01 Å². The molecular formula is C25H23BrN2O3. The molecule has 5 rings (SSSR count). The van der Waals surface area contributed by atoms with Gasteiger partial charge < -0.3 is 4.74 Å². The van der Waals surface area contributed by atoms with Gasteiger partial charge in [-0.15, -0.1) is 0 Å². The average Bonchev–Trinajstić information content (AvgIpc) is 3.18. The molecule has 6 heteroatoms. The van der Waals surface area contributed by atoms with Crippen molar-refractivity contribution in [3.8, 4) is 0 Å². The van der Waals surface area contributed by atoms with Crippen LogP contribution in [0.4, 0.5) is 5.69 Å². The highest BCUT2D eigenvalue weighted by atomic mass is 79.9. The van der Waals surface area contributed by atoms with E-state index < -0.39 is 11.5 Å². The van der Waals surface area contributed by atoms with Crippen molar-refractivity contribution >= 4 is 39.0 Å². The number of hydrazone groups is 1. The number of ketones is 1. The summed E-state index contributed by atoms with van der Waals surface area (Å²) in [7, 11) is 0. The van der Waals surface area contributed by atoms with Gasteiger partial charge in [0.1, 0.15) is 5.76 Å². The Morgan fingerprint density at radius 3 is 2.52 bits per heavy atom. The van der Waals surface area contributed by atoms with Gasteiger partial charge >= 0.3 is 0 Å². The fourth-order valence-electron chi connectivity index (χ4n) is 5.01. The van der Waals surface area contributed by atoms with Crippen molar-refractivity contribution in [2.75, 3.05) is 5.01 Å². The summed E-state index contributed by atoms with van der Waals surface area (Å²) in [4.78, 5) is 27.3. The standard InChI is InChI=1S/C25H23BrN2O3/c1-15-25(23(30)28(27-15)18-10-5-4-6-11-18)22(16-8-7-9-17(26)12-16)21-19(29)13-24(2,3)14-20(21)31-25/h4-12,22H,13-14H2,1-3H3/t22-,25-/m0/s1. The summed E-state index contributed by atoms with van der Waals surface area (Å²) in [5, 5.41) is 6.03. The number of halogens is 1. The zero-order valence-corrected chi connectivity index (χ0v) is 19.3. The third-order valence-corrected chi connectivity index (χ3v) is 6.83. The summed E-state index contributed by atoms with van der Waals surface area (Å²) in [5.41, 5.74) is 1.16. The van der Waals surface area contributed by atoms with E-state index in [0.29, 0.717) is 35.6 Å². The molecule has 0 aromatic heterocycles. The molecule has 0 saturated heterocycles. The summed E-state index contributed by atoms with van der Waals surface area (Å²) in [6.07, 6.45) is 1.05. The van der Waals surface area contributed by atoms with E-state index >= 15 is 0 Å². The third-order valence-electron chi connectivity index (χ3n) is 6.34. The van der Waals surface area contributed by atoms with Crippen molar-refractivity contribution in [1.29, 1.82) is 0 Å². The summed E-state index contributed by atoms with van der Waals surface area (Å²) >= 11 is 3.54. The average molecular weight is 479 g/mol. The van der Waals surface area contributed by atoms with E-state index in [1.807, 2.05) is 61.5 Å². The van der Waals surface area contributed by atoms with Crippen molar-refractivity contribution in [2.45, 2.75) is 45.1 Å². The van der Waals surface area contributed by atoms with E-state index in [0.717, 1.165) is 10.0 Å². The number of anilines is 1. The number of hydrogen-bond donors (Lipinski definition) is 0. The molecule has 0 N–H and O–H groups in total. The lowest BCUT2D eigenvalue weighted by molar-refractivity contribution is -0.130. The van der Waals surface area contributed by atoms with Gasteiger partial charge in [-0.2, -0.15) is 10.1 Å². The molecule has 0 unspecified atom stereocenters. The molecule has 2 atom stereocenters. The second-order valence-corrected chi connectivity index (χ2v) is 10.2. The molecule has 3 aliphatic rings. The SMILES string of the molecule is CC1=NN(c2ccccc2)C(=O)[C@]12OC1=C(C(=O)CC(C)(C)C1)[C@@H]2c1cccc(Br)c1. The number of amides is 1. The molecule has 0 fully saturated rings. The van der Waals surface area contributed by atoms with Crippen molar-refractivity contribution in [2.24, 2.45) is 10.5 Å². The molecular weight excluding hydrogens is 456 g/mol. The highest BCUT2D eigenvalue weighted by Gasteiger charge is 2.65. The zero-order chi connectivity index (χ0) is 22.0. The first-order valence-corrected chi connectivity index (χ1v) is 11.2. The molecule has 1 amide bonds.